The molecule has 53 valence electrons. The molecule has 0 aromatic heterocycles. The van der Waals surface area contributed by atoms with Gasteiger partial charge in [0.1, 0.15) is 0 Å². The van der Waals surface area contributed by atoms with Crippen molar-refractivity contribution in [1.29, 1.82) is 0 Å². The fraction of sp³-hybridized carbons (Fsp3) is 0. The Balaban J connectivity index is 0. The number of carboxylic acid groups (broad SMARTS) is 2. The standard InChI is InChI=1S/C4H4O4.Ir/c5-3(6)1-2-4(7)8;/h1-2H,(H,5,6)(H,7,8);. The van der Waals surface area contributed by atoms with Gasteiger partial charge in [-0.05, 0) is 0 Å². The average Bonchev–Trinajstić information content (AvgIpc) is 1.61. The molecule has 9 heavy (non-hydrogen) atoms. The smallest absolute Gasteiger partial charge is 0.328 e. The first kappa shape index (κ1) is 11.2. The van der Waals surface area contributed by atoms with Crippen LogP contribution in [0.3, 0.4) is 0 Å². The molecule has 0 atom stereocenters. The molecule has 5 heteroatoms. The molecule has 0 saturated heterocycles. The summed E-state index contributed by atoms with van der Waals surface area (Å²) in [5, 5.41) is 15.6. The van der Waals surface area contributed by atoms with E-state index in [9.17, 15) is 9.59 Å². The Morgan fingerprint density at radius 3 is 1.33 bits per heavy atom. The van der Waals surface area contributed by atoms with Crippen LogP contribution in [-0.2, 0) is 29.7 Å². The topological polar surface area (TPSA) is 74.6 Å². The number of carbonyl (C=O) groups is 2. The van der Waals surface area contributed by atoms with E-state index in [1.54, 1.807) is 0 Å². The van der Waals surface area contributed by atoms with Gasteiger partial charge < -0.3 is 10.2 Å². The maximum atomic E-state index is 9.55. The van der Waals surface area contributed by atoms with Crippen LogP contribution in [0.25, 0.3) is 0 Å². The number of hydrogen-bond donors (Lipinski definition) is 2. The van der Waals surface area contributed by atoms with Crippen LogP contribution in [0, 0.1) is 0 Å². The van der Waals surface area contributed by atoms with Gasteiger partial charge in [0, 0.05) is 32.3 Å². The largest absolute Gasteiger partial charge is 0.478 e. The van der Waals surface area contributed by atoms with Crippen molar-refractivity contribution in [3.8, 4) is 0 Å². The molecule has 0 rings (SSSR count). The van der Waals surface area contributed by atoms with Crippen LogP contribution in [0.1, 0.15) is 0 Å². The van der Waals surface area contributed by atoms with Gasteiger partial charge in [0.25, 0.3) is 0 Å². The third kappa shape index (κ3) is 11.1. The van der Waals surface area contributed by atoms with Gasteiger partial charge in [-0.15, -0.1) is 0 Å². The van der Waals surface area contributed by atoms with Crippen LogP contribution in [0.15, 0.2) is 12.2 Å². The molecule has 0 aliphatic rings. The minimum absolute atomic E-state index is 0. The first-order chi connectivity index (χ1) is 3.63. The zero-order chi connectivity index (χ0) is 6.57. The Morgan fingerprint density at radius 1 is 1.00 bits per heavy atom. The van der Waals surface area contributed by atoms with Crippen molar-refractivity contribution in [3.63, 3.8) is 0 Å². The molecule has 2 N–H and O–H groups in total. The predicted octanol–water partition coefficient (Wildman–Crippen LogP) is -0.291. The quantitative estimate of drug-likeness (QED) is 0.688. The Labute approximate surface area is 64.5 Å². The minimum atomic E-state index is -1.26. The average molecular weight is 308 g/mol. The van der Waals surface area contributed by atoms with Crippen molar-refractivity contribution in [1.82, 2.24) is 0 Å². The van der Waals surface area contributed by atoms with Crippen LogP contribution >= 0.6 is 0 Å². The number of hydrogen-bond acceptors (Lipinski definition) is 2. The fourth-order valence-corrected chi connectivity index (χ4v) is 0.143. The first-order valence-corrected chi connectivity index (χ1v) is 1.77. The van der Waals surface area contributed by atoms with E-state index in [4.69, 9.17) is 10.2 Å². The minimum Gasteiger partial charge on any atom is -0.478 e. The van der Waals surface area contributed by atoms with E-state index in [-0.39, 0.29) is 20.1 Å². The van der Waals surface area contributed by atoms with E-state index in [1.165, 1.54) is 0 Å². The third-order valence-electron chi connectivity index (χ3n) is 0.368. The van der Waals surface area contributed by atoms with Gasteiger partial charge >= 0.3 is 11.9 Å². The van der Waals surface area contributed by atoms with Gasteiger partial charge in [0.15, 0.2) is 0 Å². The molecule has 1 radical (unpaired) electrons. The SMILES string of the molecule is O=C(O)C=CC(=O)O.[Ir]. The van der Waals surface area contributed by atoms with Crippen molar-refractivity contribution in [2.45, 2.75) is 0 Å². The van der Waals surface area contributed by atoms with Crippen molar-refractivity contribution in [2.75, 3.05) is 0 Å². The van der Waals surface area contributed by atoms with Crippen LogP contribution in [0.2, 0.25) is 0 Å². The normalized spacial score (nSPS) is 8.44. The third-order valence-corrected chi connectivity index (χ3v) is 0.368. The van der Waals surface area contributed by atoms with Gasteiger partial charge in [-0.2, -0.15) is 0 Å². The van der Waals surface area contributed by atoms with E-state index in [1.807, 2.05) is 0 Å². The summed E-state index contributed by atoms with van der Waals surface area (Å²) in [6, 6.07) is 0. The maximum Gasteiger partial charge on any atom is 0.328 e. The van der Waals surface area contributed by atoms with Crippen LogP contribution in [0.4, 0.5) is 0 Å². The molecular weight excluding hydrogens is 304 g/mol. The summed E-state index contributed by atoms with van der Waals surface area (Å²) in [6.45, 7) is 0. The Morgan fingerprint density at radius 2 is 1.22 bits per heavy atom. The van der Waals surface area contributed by atoms with Crippen LogP contribution < -0.4 is 0 Å². The zero-order valence-corrected chi connectivity index (χ0v) is 6.59. The summed E-state index contributed by atoms with van der Waals surface area (Å²) in [5.74, 6) is -2.51. The molecule has 0 unspecified atom stereocenters. The Kier molecular flexibility index (Phi) is 6.78. The van der Waals surface area contributed by atoms with Gasteiger partial charge in [-0.3, -0.25) is 0 Å². The van der Waals surface area contributed by atoms with E-state index in [0.29, 0.717) is 12.2 Å². The molecule has 0 amide bonds. The molecule has 0 fully saturated rings. The zero-order valence-electron chi connectivity index (χ0n) is 4.20. The molecule has 0 aliphatic carbocycles. The molecular formula is C4H4IrO4. The van der Waals surface area contributed by atoms with Crippen LogP contribution in [-0.4, -0.2) is 22.2 Å². The molecule has 0 heterocycles. The predicted molar refractivity (Wildman–Crippen MR) is 24.4 cm³/mol. The summed E-state index contributed by atoms with van der Waals surface area (Å²) in [7, 11) is 0. The maximum absolute atomic E-state index is 9.55. The van der Waals surface area contributed by atoms with Gasteiger partial charge in [0.05, 0.1) is 0 Å². The summed E-state index contributed by atoms with van der Waals surface area (Å²) in [4.78, 5) is 19.1. The molecule has 4 nitrogen and oxygen atoms in total. The number of carboxylic acids is 2. The van der Waals surface area contributed by atoms with E-state index in [2.05, 4.69) is 0 Å². The Bertz CT molecular complexity index is 124. The first-order valence-electron chi connectivity index (χ1n) is 1.77. The van der Waals surface area contributed by atoms with Crippen molar-refractivity contribution >= 4 is 11.9 Å². The molecule has 0 saturated carbocycles. The summed E-state index contributed by atoms with van der Waals surface area (Å²) < 4.78 is 0. The van der Waals surface area contributed by atoms with Crippen molar-refractivity contribution < 1.29 is 39.9 Å². The summed E-state index contributed by atoms with van der Waals surface area (Å²) >= 11 is 0. The van der Waals surface area contributed by atoms with Crippen molar-refractivity contribution in [2.24, 2.45) is 0 Å². The molecule has 0 aromatic rings. The van der Waals surface area contributed by atoms with Crippen molar-refractivity contribution in [3.05, 3.63) is 12.2 Å². The second-order valence-electron chi connectivity index (χ2n) is 1.01. The molecule has 0 spiro atoms. The summed E-state index contributed by atoms with van der Waals surface area (Å²) in [5.41, 5.74) is 0. The molecule has 0 aromatic carbocycles. The second kappa shape index (κ2) is 5.47. The number of aliphatic carboxylic acids is 2. The van der Waals surface area contributed by atoms with Gasteiger partial charge in [-0.25, -0.2) is 9.59 Å². The van der Waals surface area contributed by atoms with Gasteiger partial charge in [-0.1, -0.05) is 0 Å². The van der Waals surface area contributed by atoms with E-state index < -0.39 is 11.9 Å². The van der Waals surface area contributed by atoms with E-state index >= 15 is 0 Å². The van der Waals surface area contributed by atoms with E-state index in [0.717, 1.165) is 0 Å². The second-order valence-corrected chi connectivity index (χ2v) is 1.01. The molecule has 0 aliphatic heterocycles. The van der Waals surface area contributed by atoms with Gasteiger partial charge in [0.2, 0.25) is 0 Å². The Hall–Kier alpha value is -0.671. The summed E-state index contributed by atoms with van der Waals surface area (Å²) in [6.07, 6.45) is 1.12. The number of rotatable bonds is 2. The molecule has 0 bridgehead atoms. The van der Waals surface area contributed by atoms with Crippen LogP contribution in [0.5, 0.6) is 0 Å². The fourth-order valence-electron chi connectivity index (χ4n) is 0.143. The monoisotopic (exact) mass is 309 g/mol.